The van der Waals surface area contributed by atoms with Crippen molar-refractivity contribution < 1.29 is 9.32 Å². The van der Waals surface area contributed by atoms with Crippen LogP contribution in [0.4, 0.5) is 0 Å². The molecule has 0 aromatic carbocycles. The van der Waals surface area contributed by atoms with E-state index in [1.54, 1.807) is 0 Å². The fraction of sp³-hybridized carbons (Fsp3) is 0.625. The molecule has 0 saturated heterocycles. The maximum atomic E-state index is 10.7. The molecule has 0 spiro atoms. The van der Waals surface area contributed by atoms with E-state index in [9.17, 15) is 4.79 Å². The van der Waals surface area contributed by atoms with Gasteiger partial charge < -0.3 is 4.52 Å². The van der Waals surface area contributed by atoms with E-state index in [1.165, 1.54) is 6.92 Å². The summed E-state index contributed by atoms with van der Waals surface area (Å²) in [6.45, 7) is 3.50. The first-order valence-electron chi connectivity index (χ1n) is 4.07. The monoisotopic (exact) mass is 168 g/mol. The molecule has 4 heteroatoms. The van der Waals surface area contributed by atoms with Crippen LogP contribution >= 0.6 is 0 Å². The highest BCUT2D eigenvalue weighted by atomic mass is 16.5. The quantitative estimate of drug-likeness (QED) is 0.641. The van der Waals surface area contributed by atoms with Crippen molar-refractivity contribution in [3.8, 4) is 0 Å². The average Bonchev–Trinajstić information content (AvgIpc) is 2.48. The van der Waals surface area contributed by atoms with Crippen LogP contribution < -0.4 is 0 Å². The van der Waals surface area contributed by atoms with E-state index in [0.29, 0.717) is 5.82 Å². The summed E-state index contributed by atoms with van der Waals surface area (Å²) in [7, 11) is 0. The van der Waals surface area contributed by atoms with E-state index in [4.69, 9.17) is 4.52 Å². The zero-order valence-electron chi connectivity index (χ0n) is 7.33. The normalized spacial score (nSPS) is 10.2. The molecular weight excluding hydrogens is 156 g/mol. The Bertz CT molecular complexity index is 268. The highest BCUT2D eigenvalue weighted by Gasteiger charge is 2.08. The number of hydrogen-bond donors (Lipinski definition) is 0. The molecule has 0 aliphatic heterocycles. The number of ketones is 1. The number of carbonyl (C=O) groups is 1. The first-order valence-corrected chi connectivity index (χ1v) is 4.07. The van der Waals surface area contributed by atoms with Crippen LogP contribution in [0.25, 0.3) is 0 Å². The van der Waals surface area contributed by atoms with Gasteiger partial charge in [-0.15, -0.1) is 0 Å². The number of Topliss-reactive ketones (excluding diaryl/α,β-unsaturated/α-hetero) is 1. The van der Waals surface area contributed by atoms with Gasteiger partial charge in [0.15, 0.2) is 5.82 Å². The molecule has 0 fully saturated rings. The Morgan fingerprint density at radius 1 is 1.58 bits per heavy atom. The standard InChI is InChI=1S/C8H12N2O2/c1-3-4-5-7-9-8(6(2)11)12-10-7/h3-5H2,1-2H3. The first kappa shape index (κ1) is 8.90. The Hall–Kier alpha value is -1.19. The van der Waals surface area contributed by atoms with Gasteiger partial charge in [-0.1, -0.05) is 18.5 Å². The first-order chi connectivity index (χ1) is 5.74. The van der Waals surface area contributed by atoms with Crippen molar-refractivity contribution in [2.45, 2.75) is 33.1 Å². The second kappa shape index (κ2) is 3.99. The van der Waals surface area contributed by atoms with Crippen LogP contribution in [0.5, 0.6) is 0 Å². The summed E-state index contributed by atoms with van der Waals surface area (Å²) in [5.74, 6) is 0.563. The van der Waals surface area contributed by atoms with E-state index < -0.39 is 0 Å². The van der Waals surface area contributed by atoms with Crippen LogP contribution in [0.3, 0.4) is 0 Å². The summed E-state index contributed by atoms with van der Waals surface area (Å²) in [4.78, 5) is 14.7. The third-order valence-corrected chi connectivity index (χ3v) is 1.52. The molecule has 1 aromatic heterocycles. The van der Waals surface area contributed by atoms with Crippen molar-refractivity contribution in [1.82, 2.24) is 10.1 Å². The maximum absolute atomic E-state index is 10.7. The molecule has 0 bridgehead atoms. The minimum absolute atomic E-state index is 0.112. The smallest absolute Gasteiger partial charge is 0.293 e. The van der Waals surface area contributed by atoms with Gasteiger partial charge in [-0.25, -0.2) is 0 Å². The Kier molecular flexibility index (Phi) is 2.96. The number of carbonyl (C=O) groups excluding carboxylic acids is 1. The number of aryl methyl sites for hydroxylation is 1. The minimum Gasteiger partial charge on any atom is -0.331 e. The summed E-state index contributed by atoms with van der Waals surface area (Å²) in [5.41, 5.74) is 0. The SMILES string of the molecule is CCCCc1noc(C(C)=O)n1. The predicted molar refractivity (Wildman–Crippen MR) is 42.9 cm³/mol. The van der Waals surface area contributed by atoms with Crippen LogP contribution in [0.15, 0.2) is 4.52 Å². The van der Waals surface area contributed by atoms with Crippen molar-refractivity contribution >= 4 is 5.78 Å². The third kappa shape index (κ3) is 2.15. The van der Waals surface area contributed by atoms with Gasteiger partial charge in [-0.3, -0.25) is 4.79 Å². The summed E-state index contributed by atoms with van der Waals surface area (Å²) in [5, 5.41) is 3.67. The van der Waals surface area contributed by atoms with Gasteiger partial charge in [0.25, 0.3) is 5.89 Å². The number of nitrogens with zero attached hydrogens (tertiary/aromatic N) is 2. The van der Waals surface area contributed by atoms with Gasteiger partial charge >= 0.3 is 0 Å². The van der Waals surface area contributed by atoms with Gasteiger partial charge in [0, 0.05) is 13.3 Å². The van der Waals surface area contributed by atoms with E-state index in [2.05, 4.69) is 17.1 Å². The summed E-state index contributed by atoms with van der Waals surface area (Å²) in [6.07, 6.45) is 2.90. The fourth-order valence-electron chi connectivity index (χ4n) is 0.833. The molecule has 0 unspecified atom stereocenters. The third-order valence-electron chi connectivity index (χ3n) is 1.52. The molecule has 0 atom stereocenters. The van der Waals surface area contributed by atoms with Crippen molar-refractivity contribution in [2.24, 2.45) is 0 Å². The Morgan fingerprint density at radius 2 is 2.33 bits per heavy atom. The second-order valence-corrected chi connectivity index (χ2v) is 2.68. The molecule has 0 radical (unpaired) electrons. The number of unbranched alkanes of at least 4 members (excludes halogenated alkanes) is 1. The lowest BCUT2D eigenvalue weighted by Crippen LogP contribution is -1.93. The highest BCUT2D eigenvalue weighted by Crippen LogP contribution is 2.02. The summed E-state index contributed by atoms with van der Waals surface area (Å²) < 4.78 is 4.71. The van der Waals surface area contributed by atoms with E-state index in [1.807, 2.05) is 0 Å². The lowest BCUT2D eigenvalue weighted by Gasteiger charge is -1.87. The Labute approximate surface area is 71.0 Å². The zero-order valence-corrected chi connectivity index (χ0v) is 7.33. The number of hydrogen-bond acceptors (Lipinski definition) is 4. The molecule has 1 heterocycles. The van der Waals surface area contributed by atoms with Gasteiger partial charge in [-0.05, 0) is 6.42 Å². The molecule has 0 saturated carbocycles. The van der Waals surface area contributed by atoms with Crippen molar-refractivity contribution in [2.75, 3.05) is 0 Å². The van der Waals surface area contributed by atoms with Gasteiger partial charge in [0.2, 0.25) is 5.78 Å². The van der Waals surface area contributed by atoms with Gasteiger partial charge in [0.1, 0.15) is 0 Å². The van der Waals surface area contributed by atoms with Crippen LogP contribution in [0.2, 0.25) is 0 Å². The zero-order chi connectivity index (χ0) is 8.97. The average molecular weight is 168 g/mol. The molecule has 66 valence electrons. The number of rotatable bonds is 4. The molecule has 0 amide bonds. The molecule has 0 aliphatic rings. The molecule has 0 aliphatic carbocycles. The van der Waals surface area contributed by atoms with E-state index in [0.717, 1.165) is 19.3 Å². The van der Waals surface area contributed by atoms with Crippen molar-refractivity contribution in [1.29, 1.82) is 0 Å². The predicted octanol–water partition coefficient (Wildman–Crippen LogP) is 1.61. The van der Waals surface area contributed by atoms with Crippen LogP contribution in [0, 0.1) is 0 Å². The molecule has 12 heavy (non-hydrogen) atoms. The molecule has 0 N–H and O–H groups in total. The van der Waals surface area contributed by atoms with Crippen LogP contribution in [0.1, 0.15) is 43.2 Å². The Balaban J connectivity index is 2.58. The summed E-state index contributed by atoms with van der Waals surface area (Å²) >= 11 is 0. The highest BCUT2D eigenvalue weighted by molar-refractivity contribution is 5.89. The molecule has 1 rings (SSSR count). The Morgan fingerprint density at radius 3 is 2.83 bits per heavy atom. The fourth-order valence-corrected chi connectivity index (χ4v) is 0.833. The molecule has 4 nitrogen and oxygen atoms in total. The van der Waals surface area contributed by atoms with E-state index in [-0.39, 0.29) is 11.7 Å². The minimum atomic E-state index is -0.176. The van der Waals surface area contributed by atoms with Gasteiger partial charge in [-0.2, -0.15) is 4.98 Å². The van der Waals surface area contributed by atoms with Crippen LogP contribution in [-0.4, -0.2) is 15.9 Å². The summed E-state index contributed by atoms with van der Waals surface area (Å²) in [6, 6.07) is 0. The molecule has 1 aromatic rings. The van der Waals surface area contributed by atoms with Crippen LogP contribution in [-0.2, 0) is 6.42 Å². The van der Waals surface area contributed by atoms with Gasteiger partial charge in [0.05, 0.1) is 0 Å². The lowest BCUT2D eigenvalue weighted by atomic mass is 10.2. The lowest BCUT2D eigenvalue weighted by molar-refractivity contribution is 0.0972. The van der Waals surface area contributed by atoms with Crippen molar-refractivity contribution in [3.63, 3.8) is 0 Å². The largest absolute Gasteiger partial charge is 0.331 e. The van der Waals surface area contributed by atoms with E-state index >= 15 is 0 Å². The topological polar surface area (TPSA) is 56.0 Å². The maximum Gasteiger partial charge on any atom is 0.293 e. The van der Waals surface area contributed by atoms with Crippen molar-refractivity contribution in [3.05, 3.63) is 11.7 Å². The second-order valence-electron chi connectivity index (χ2n) is 2.68. The number of aromatic nitrogens is 2. The molecular formula is C8H12N2O2.